The van der Waals surface area contributed by atoms with Crippen molar-refractivity contribution in [2.45, 2.75) is 46.2 Å². The van der Waals surface area contributed by atoms with Gasteiger partial charge in [-0.1, -0.05) is 0 Å². The third kappa shape index (κ3) is 1.90. The molecule has 0 aromatic rings. The number of hydrogen-bond acceptors (Lipinski definition) is 2. The predicted molar refractivity (Wildman–Crippen MR) is 61.0 cm³/mol. The molecule has 1 heterocycles. The molecule has 0 radical (unpaired) electrons. The van der Waals surface area contributed by atoms with Gasteiger partial charge in [-0.05, 0) is 46.8 Å². The van der Waals surface area contributed by atoms with Crippen molar-refractivity contribution in [3.8, 4) is 0 Å². The number of thiocarbonyl (C=S) groups is 1. The zero-order valence-corrected chi connectivity index (χ0v) is 10.3. The van der Waals surface area contributed by atoms with E-state index in [9.17, 15) is 4.79 Å². The van der Waals surface area contributed by atoms with Crippen LogP contribution in [0.3, 0.4) is 0 Å². The van der Waals surface area contributed by atoms with Crippen LogP contribution < -0.4 is 0 Å². The van der Waals surface area contributed by atoms with Crippen LogP contribution in [-0.4, -0.2) is 38.9 Å². The number of nitrogens with zero attached hydrogens (tertiary/aromatic N) is 2. The maximum Gasteiger partial charge on any atom is 0.248 e. The lowest BCUT2D eigenvalue weighted by Crippen LogP contribution is -2.45. The van der Waals surface area contributed by atoms with E-state index in [0.717, 1.165) is 0 Å². The zero-order valence-electron chi connectivity index (χ0n) is 9.50. The molecule has 0 aliphatic carbocycles. The van der Waals surface area contributed by atoms with E-state index in [-0.39, 0.29) is 17.5 Å². The highest BCUT2D eigenvalue weighted by Gasteiger charge is 2.39. The number of rotatable bonds is 1. The van der Waals surface area contributed by atoms with Gasteiger partial charge in [-0.25, -0.2) is 0 Å². The van der Waals surface area contributed by atoms with Gasteiger partial charge in [0.2, 0.25) is 5.91 Å². The summed E-state index contributed by atoms with van der Waals surface area (Å²) >= 11 is 5.29. The van der Waals surface area contributed by atoms with Crippen molar-refractivity contribution in [1.82, 2.24) is 9.80 Å². The van der Waals surface area contributed by atoms with E-state index >= 15 is 0 Å². The quantitative estimate of drug-likeness (QED) is 0.620. The third-order valence-electron chi connectivity index (χ3n) is 2.33. The first-order valence-electron chi connectivity index (χ1n) is 4.89. The van der Waals surface area contributed by atoms with Gasteiger partial charge in [0, 0.05) is 11.6 Å². The highest BCUT2D eigenvalue weighted by atomic mass is 32.1. The Labute approximate surface area is 91.1 Å². The number of carbonyl (C=O) groups is 1. The van der Waals surface area contributed by atoms with Crippen LogP contribution in [0, 0.1) is 0 Å². The van der Waals surface area contributed by atoms with Gasteiger partial charge in [0.1, 0.15) is 6.54 Å². The molecule has 0 aromatic carbocycles. The van der Waals surface area contributed by atoms with Gasteiger partial charge >= 0.3 is 0 Å². The number of hydrogen-bond donors (Lipinski definition) is 0. The molecule has 0 bridgehead atoms. The maximum absolute atomic E-state index is 11.7. The summed E-state index contributed by atoms with van der Waals surface area (Å²) < 4.78 is 0. The van der Waals surface area contributed by atoms with Crippen LogP contribution in [-0.2, 0) is 4.79 Å². The molecule has 1 fully saturated rings. The molecule has 3 nitrogen and oxygen atoms in total. The molecule has 0 atom stereocenters. The Morgan fingerprint density at radius 3 is 2.07 bits per heavy atom. The first-order valence-corrected chi connectivity index (χ1v) is 5.29. The van der Waals surface area contributed by atoms with Crippen LogP contribution in [0.1, 0.15) is 34.6 Å². The van der Waals surface area contributed by atoms with E-state index in [1.54, 1.807) is 4.90 Å². The van der Waals surface area contributed by atoms with E-state index < -0.39 is 0 Å². The van der Waals surface area contributed by atoms with Gasteiger partial charge in [0.05, 0.1) is 0 Å². The minimum atomic E-state index is -0.0730. The van der Waals surface area contributed by atoms with E-state index in [0.29, 0.717) is 11.7 Å². The smallest absolute Gasteiger partial charge is 0.248 e. The summed E-state index contributed by atoms with van der Waals surface area (Å²) in [5.74, 6) is 0.111. The summed E-state index contributed by atoms with van der Waals surface area (Å²) in [5, 5.41) is 0.664. The fourth-order valence-electron chi connectivity index (χ4n) is 1.55. The summed E-state index contributed by atoms with van der Waals surface area (Å²) in [6.07, 6.45) is 0. The molecule has 4 heteroatoms. The molecule has 1 aliphatic rings. The fraction of sp³-hybridized carbons (Fsp3) is 0.800. The van der Waals surface area contributed by atoms with Crippen molar-refractivity contribution in [2.75, 3.05) is 6.54 Å². The molecule has 80 valence electrons. The Morgan fingerprint density at radius 1 is 1.36 bits per heavy atom. The second-order valence-electron chi connectivity index (χ2n) is 4.90. The molecule has 14 heavy (non-hydrogen) atoms. The van der Waals surface area contributed by atoms with E-state index in [1.807, 2.05) is 18.7 Å². The molecule has 0 unspecified atom stereocenters. The first kappa shape index (κ1) is 11.4. The topological polar surface area (TPSA) is 23.6 Å². The zero-order chi connectivity index (χ0) is 11.1. The lowest BCUT2D eigenvalue weighted by molar-refractivity contribution is -0.126. The second kappa shape index (κ2) is 3.50. The molecule has 1 aliphatic heterocycles. The van der Waals surface area contributed by atoms with Crippen LogP contribution >= 0.6 is 12.2 Å². The van der Waals surface area contributed by atoms with E-state index in [4.69, 9.17) is 12.2 Å². The Hall–Kier alpha value is -0.640. The maximum atomic E-state index is 11.7. The van der Waals surface area contributed by atoms with Crippen molar-refractivity contribution < 1.29 is 4.79 Å². The van der Waals surface area contributed by atoms with Gasteiger partial charge in [0.25, 0.3) is 0 Å². The summed E-state index contributed by atoms with van der Waals surface area (Å²) in [5.41, 5.74) is -0.0730. The fourth-order valence-corrected chi connectivity index (χ4v) is 2.20. The lowest BCUT2D eigenvalue weighted by atomic mass is 10.1. The Morgan fingerprint density at radius 2 is 1.86 bits per heavy atom. The molecule has 0 aromatic heterocycles. The van der Waals surface area contributed by atoms with Crippen molar-refractivity contribution in [3.63, 3.8) is 0 Å². The van der Waals surface area contributed by atoms with Crippen molar-refractivity contribution in [1.29, 1.82) is 0 Å². The second-order valence-corrected chi connectivity index (χ2v) is 5.26. The van der Waals surface area contributed by atoms with Crippen LogP contribution in [0.4, 0.5) is 0 Å². The van der Waals surface area contributed by atoms with Crippen LogP contribution in [0.25, 0.3) is 0 Å². The van der Waals surface area contributed by atoms with E-state index in [1.165, 1.54) is 0 Å². The molecule has 1 saturated heterocycles. The number of amides is 1. The summed E-state index contributed by atoms with van der Waals surface area (Å²) in [6, 6.07) is 0.155. The monoisotopic (exact) mass is 214 g/mol. The van der Waals surface area contributed by atoms with Crippen LogP contribution in [0.15, 0.2) is 0 Å². The molecule has 1 amide bonds. The average Bonchev–Trinajstić information content (AvgIpc) is 2.24. The minimum Gasteiger partial charge on any atom is -0.335 e. The third-order valence-corrected chi connectivity index (χ3v) is 2.74. The predicted octanol–water partition coefficient (Wildman–Crippen LogP) is 1.62. The molecule has 0 saturated carbocycles. The van der Waals surface area contributed by atoms with Gasteiger partial charge in [-0.2, -0.15) is 0 Å². The first-order chi connectivity index (χ1) is 6.25. The Kier molecular flexibility index (Phi) is 2.86. The molecular weight excluding hydrogens is 196 g/mol. The molecular formula is C10H18N2OS. The minimum absolute atomic E-state index is 0.0730. The summed E-state index contributed by atoms with van der Waals surface area (Å²) in [6.45, 7) is 10.6. The lowest BCUT2D eigenvalue weighted by Gasteiger charge is -2.33. The largest absolute Gasteiger partial charge is 0.335 e. The van der Waals surface area contributed by atoms with E-state index in [2.05, 4.69) is 20.8 Å². The highest BCUT2D eigenvalue weighted by Crippen LogP contribution is 2.22. The summed E-state index contributed by atoms with van der Waals surface area (Å²) in [7, 11) is 0. The molecule has 0 spiro atoms. The molecule has 0 N–H and O–H groups in total. The molecule has 1 rings (SSSR count). The SMILES string of the molecule is CC(C)N1C(=O)CN(C(C)(C)C)C1=S. The van der Waals surface area contributed by atoms with Crippen LogP contribution in [0.2, 0.25) is 0 Å². The van der Waals surface area contributed by atoms with Crippen molar-refractivity contribution in [2.24, 2.45) is 0 Å². The van der Waals surface area contributed by atoms with Gasteiger partial charge in [-0.3, -0.25) is 9.69 Å². The van der Waals surface area contributed by atoms with Crippen LogP contribution in [0.5, 0.6) is 0 Å². The van der Waals surface area contributed by atoms with Crippen molar-refractivity contribution in [3.05, 3.63) is 0 Å². The highest BCUT2D eigenvalue weighted by molar-refractivity contribution is 7.80. The van der Waals surface area contributed by atoms with Gasteiger partial charge in [0.15, 0.2) is 5.11 Å². The normalized spacial score (nSPS) is 18.7. The summed E-state index contributed by atoms with van der Waals surface area (Å²) in [4.78, 5) is 15.4. The van der Waals surface area contributed by atoms with Gasteiger partial charge in [-0.15, -0.1) is 0 Å². The average molecular weight is 214 g/mol. The number of carbonyl (C=O) groups excluding carboxylic acids is 1. The Bertz CT molecular complexity index is 268. The standard InChI is InChI=1S/C10H18N2OS/c1-7(2)12-8(13)6-11(9(12)14)10(3,4)5/h7H,6H2,1-5H3. The van der Waals surface area contributed by atoms with Gasteiger partial charge < -0.3 is 4.90 Å². The Balaban J connectivity index is 2.91. The van der Waals surface area contributed by atoms with Crippen molar-refractivity contribution >= 4 is 23.2 Å².